The highest BCUT2D eigenvalue weighted by molar-refractivity contribution is 6.51. The molecule has 5 nitrogen and oxygen atoms in total. The predicted octanol–water partition coefficient (Wildman–Crippen LogP) is 4.41. The summed E-state index contributed by atoms with van der Waals surface area (Å²) in [6.45, 7) is 3.30. The summed E-state index contributed by atoms with van der Waals surface area (Å²) in [6.07, 6.45) is 1.05. The van der Waals surface area contributed by atoms with Crippen LogP contribution in [0, 0.1) is 0 Å². The number of benzene rings is 2. The molecule has 0 saturated heterocycles. The van der Waals surface area contributed by atoms with Crippen molar-refractivity contribution in [3.63, 3.8) is 0 Å². The Morgan fingerprint density at radius 3 is 2.27 bits per heavy atom. The highest BCUT2D eigenvalue weighted by atomic mass is 35.5. The number of carbonyl (C=O) groups excluding carboxylic acids is 2. The van der Waals surface area contributed by atoms with Crippen molar-refractivity contribution in [3.05, 3.63) is 65.7 Å². The summed E-state index contributed by atoms with van der Waals surface area (Å²) < 4.78 is 10.1. The number of ether oxygens (including phenoxy) is 2. The lowest BCUT2D eigenvalue weighted by atomic mass is 10.0. The molecule has 0 bridgehead atoms. The Morgan fingerprint density at radius 2 is 1.73 bits per heavy atom. The molecule has 0 aliphatic heterocycles. The van der Waals surface area contributed by atoms with Gasteiger partial charge >= 0.3 is 5.97 Å². The average molecular weight is 450 g/mol. The molecule has 1 unspecified atom stereocenters. The van der Waals surface area contributed by atoms with Crippen LogP contribution in [0.4, 0.5) is 0 Å². The summed E-state index contributed by atoms with van der Waals surface area (Å²) in [6, 6.07) is 16.0. The topological polar surface area (TPSA) is 64.6 Å². The largest absolute Gasteiger partial charge is 0.478 e. The normalized spacial score (nSPS) is 18.2. The third-order valence-electron chi connectivity index (χ3n) is 5.10. The molecule has 1 aliphatic carbocycles. The lowest BCUT2D eigenvalue weighted by Crippen LogP contribution is -2.53. The Kier molecular flexibility index (Phi) is 6.63. The maximum absolute atomic E-state index is 12.9. The first-order valence-corrected chi connectivity index (χ1v) is 10.5. The van der Waals surface area contributed by atoms with Gasteiger partial charge in [-0.3, -0.25) is 4.79 Å². The van der Waals surface area contributed by atoms with Crippen molar-refractivity contribution in [2.24, 2.45) is 0 Å². The van der Waals surface area contributed by atoms with E-state index in [9.17, 15) is 9.59 Å². The van der Waals surface area contributed by atoms with Gasteiger partial charge in [-0.2, -0.15) is 0 Å². The van der Waals surface area contributed by atoms with Gasteiger partial charge in [0.05, 0.1) is 7.11 Å². The van der Waals surface area contributed by atoms with Gasteiger partial charge in [0.1, 0.15) is 16.1 Å². The summed E-state index contributed by atoms with van der Waals surface area (Å²) in [4.78, 5) is 25.1. The third kappa shape index (κ3) is 5.46. The van der Waals surface area contributed by atoms with Crippen LogP contribution in [0.25, 0.3) is 0 Å². The van der Waals surface area contributed by atoms with Crippen molar-refractivity contribution < 1.29 is 19.1 Å². The van der Waals surface area contributed by atoms with E-state index in [4.69, 9.17) is 32.7 Å². The van der Waals surface area contributed by atoms with Gasteiger partial charge in [-0.15, -0.1) is 23.2 Å². The lowest BCUT2D eigenvalue weighted by molar-refractivity contribution is -0.147. The molecule has 1 amide bonds. The van der Waals surface area contributed by atoms with E-state index in [1.165, 1.54) is 7.11 Å². The van der Waals surface area contributed by atoms with E-state index in [-0.39, 0.29) is 5.92 Å². The minimum Gasteiger partial charge on any atom is -0.478 e. The van der Waals surface area contributed by atoms with Crippen molar-refractivity contribution in [1.29, 1.82) is 0 Å². The zero-order chi connectivity index (χ0) is 21.9. The van der Waals surface area contributed by atoms with E-state index in [0.29, 0.717) is 12.2 Å². The highest BCUT2D eigenvalue weighted by Gasteiger charge is 2.52. The minimum atomic E-state index is -1.20. The number of halogens is 2. The maximum atomic E-state index is 12.9. The van der Waals surface area contributed by atoms with Crippen molar-refractivity contribution >= 4 is 35.1 Å². The first-order valence-electron chi connectivity index (χ1n) is 9.72. The second kappa shape index (κ2) is 8.86. The molecule has 30 heavy (non-hydrogen) atoms. The van der Waals surface area contributed by atoms with Crippen molar-refractivity contribution in [2.45, 2.75) is 48.6 Å². The molecule has 0 heterocycles. The van der Waals surface area contributed by atoms with E-state index in [0.717, 1.165) is 17.5 Å². The van der Waals surface area contributed by atoms with Crippen LogP contribution in [0.2, 0.25) is 0 Å². The molecule has 1 aliphatic rings. The van der Waals surface area contributed by atoms with Gasteiger partial charge < -0.3 is 14.8 Å². The lowest BCUT2D eigenvalue weighted by Gasteiger charge is -2.27. The minimum absolute atomic E-state index is 0.116. The van der Waals surface area contributed by atoms with Gasteiger partial charge in [0, 0.05) is 12.3 Å². The van der Waals surface area contributed by atoms with Gasteiger partial charge in [-0.1, -0.05) is 42.5 Å². The van der Waals surface area contributed by atoms with Crippen LogP contribution in [-0.4, -0.2) is 35.0 Å². The van der Waals surface area contributed by atoms with Gasteiger partial charge in [0.15, 0.2) is 5.60 Å². The second-order valence-electron chi connectivity index (χ2n) is 7.94. The Hall–Kier alpha value is -2.24. The molecular formula is C23H25Cl2NO4. The average Bonchev–Trinajstić information content (AvgIpc) is 3.36. The number of hydrogen-bond acceptors (Lipinski definition) is 4. The quantitative estimate of drug-likeness (QED) is 0.478. The van der Waals surface area contributed by atoms with Crippen LogP contribution in [0.1, 0.15) is 37.3 Å². The number of hydrogen-bond donors (Lipinski definition) is 1. The van der Waals surface area contributed by atoms with E-state index >= 15 is 0 Å². The first kappa shape index (κ1) is 22.4. The number of amides is 1. The fourth-order valence-corrected chi connectivity index (χ4v) is 3.76. The second-order valence-corrected chi connectivity index (χ2v) is 9.48. The molecule has 7 heteroatoms. The first-order chi connectivity index (χ1) is 14.1. The molecule has 1 N–H and O–H groups in total. The summed E-state index contributed by atoms with van der Waals surface area (Å²) in [5.41, 5.74) is 0.743. The van der Waals surface area contributed by atoms with Crippen molar-refractivity contribution in [3.8, 4) is 5.75 Å². The van der Waals surface area contributed by atoms with Crippen LogP contribution in [0.3, 0.4) is 0 Å². The van der Waals surface area contributed by atoms with Crippen LogP contribution < -0.4 is 10.1 Å². The number of alkyl halides is 2. The monoisotopic (exact) mass is 449 g/mol. The molecule has 0 spiro atoms. The van der Waals surface area contributed by atoms with Crippen LogP contribution >= 0.6 is 23.2 Å². The van der Waals surface area contributed by atoms with E-state index in [1.807, 2.05) is 42.5 Å². The third-order valence-corrected chi connectivity index (χ3v) is 5.94. The number of nitrogens with one attached hydrogen (secondary N) is 1. The number of methoxy groups -OCH3 is 1. The van der Waals surface area contributed by atoms with E-state index < -0.39 is 27.9 Å². The van der Waals surface area contributed by atoms with Crippen molar-refractivity contribution in [2.75, 3.05) is 7.11 Å². The van der Waals surface area contributed by atoms with Crippen LogP contribution in [0.5, 0.6) is 5.75 Å². The Labute approximate surface area is 186 Å². The summed E-state index contributed by atoms with van der Waals surface area (Å²) in [5.74, 6) is -0.278. The smallest absolute Gasteiger partial charge is 0.328 e. The van der Waals surface area contributed by atoms with Gasteiger partial charge in [0.2, 0.25) is 0 Å². The molecule has 0 radical (unpaired) electrons. The van der Waals surface area contributed by atoms with Gasteiger partial charge in [-0.25, -0.2) is 4.79 Å². The highest BCUT2D eigenvalue weighted by Crippen LogP contribution is 2.59. The Bertz CT molecular complexity index is 897. The molecule has 1 fully saturated rings. The van der Waals surface area contributed by atoms with Gasteiger partial charge in [-0.05, 0) is 43.5 Å². The van der Waals surface area contributed by atoms with Gasteiger partial charge in [0.25, 0.3) is 5.91 Å². The summed E-state index contributed by atoms with van der Waals surface area (Å²) in [5, 5.41) is 2.75. The fraction of sp³-hybridized carbons (Fsp3) is 0.391. The molecule has 2 aromatic carbocycles. The maximum Gasteiger partial charge on any atom is 0.328 e. The Morgan fingerprint density at radius 1 is 1.13 bits per heavy atom. The fourth-order valence-electron chi connectivity index (χ4n) is 3.20. The van der Waals surface area contributed by atoms with Crippen LogP contribution in [-0.2, 0) is 20.7 Å². The molecule has 3 rings (SSSR count). The molecule has 2 atom stereocenters. The number of esters is 1. The zero-order valence-electron chi connectivity index (χ0n) is 17.2. The molecule has 160 valence electrons. The summed E-state index contributed by atoms with van der Waals surface area (Å²) in [7, 11) is 1.30. The van der Waals surface area contributed by atoms with Crippen LogP contribution in [0.15, 0.2) is 54.6 Å². The Balaban J connectivity index is 1.65. The number of rotatable bonds is 8. The molecule has 1 saturated carbocycles. The SMILES string of the molecule is COC(=O)[C@H](Cc1ccccc1)NC(=O)C(C)(C)Oc1ccc(C2CC2(Cl)Cl)cc1. The van der Waals surface area contributed by atoms with E-state index in [2.05, 4.69) is 5.32 Å². The zero-order valence-corrected chi connectivity index (χ0v) is 18.7. The molecular weight excluding hydrogens is 425 g/mol. The standard InChI is InChI=1S/C23H25Cl2NO4/c1-22(2,30-17-11-9-16(10-12-17)18-14-23(18,24)25)21(28)26-19(20(27)29-3)13-15-7-5-4-6-8-15/h4-12,18-19H,13-14H2,1-3H3,(H,26,28)/t18?,19-/m0/s1. The summed E-state index contributed by atoms with van der Waals surface area (Å²) >= 11 is 12.2. The predicted molar refractivity (Wildman–Crippen MR) is 117 cm³/mol. The molecule has 2 aromatic rings. The van der Waals surface area contributed by atoms with Crippen molar-refractivity contribution in [1.82, 2.24) is 5.32 Å². The molecule has 0 aromatic heterocycles. The van der Waals surface area contributed by atoms with E-state index in [1.54, 1.807) is 26.0 Å². The number of carbonyl (C=O) groups is 2.